The van der Waals surface area contributed by atoms with Gasteiger partial charge in [-0.2, -0.15) is 9.85 Å². The van der Waals surface area contributed by atoms with E-state index in [1.165, 1.54) is 11.5 Å². The average molecular weight is 433 g/mol. The predicted molar refractivity (Wildman–Crippen MR) is 119 cm³/mol. The summed E-state index contributed by atoms with van der Waals surface area (Å²) in [5.74, 6) is 0.841. The Morgan fingerprint density at radius 1 is 1.16 bits per heavy atom. The van der Waals surface area contributed by atoms with Crippen molar-refractivity contribution in [2.24, 2.45) is 5.73 Å². The van der Waals surface area contributed by atoms with Gasteiger partial charge in [-0.05, 0) is 23.2 Å². The van der Waals surface area contributed by atoms with Crippen molar-refractivity contribution in [2.45, 2.75) is 19.5 Å². The van der Waals surface area contributed by atoms with Gasteiger partial charge in [0.05, 0.1) is 29.9 Å². The number of carbonyl (C=O) groups is 1. The van der Waals surface area contributed by atoms with Gasteiger partial charge in [0, 0.05) is 23.9 Å². The topological polar surface area (TPSA) is 115 Å². The molecule has 0 radical (unpaired) electrons. The minimum Gasteiger partial charge on any atom is -0.366 e. The lowest BCUT2D eigenvalue weighted by atomic mass is 10.1. The molecule has 4 aromatic rings. The highest BCUT2D eigenvalue weighted by Crippen LogP contribution is 2.34. The number of nitrogens with two attached hydrogens (primary N) is 1. The third kappa shape index (κ3) is 3.86. The van der Waals surface area contributed by atoms with Gasteiger partial charge in [0.1, 0.15) is 10.7 Å². The zero-order chi connectivity index (χ0) is 21.2. The summed E-state index contributed by atoms with van der Waals surface area (Å²) >= 11 is 1.26. The van der Waals surface area contributed by atoms with E-state index < -0.39 is 5.91 Å². The van der Waals surface area contributed by atoms with Gasteiger partial charge in [0.15, 0.2) is 5.82 Å². The first-order valence-electron chi connectivity index (χ1n) is 9.91. The van der Waals surface area contributed by atoms with Crippen LogP contribution >= 0.6 is 11.5 Å². The monoisotopic (exact) mass is 432 g/mol. The molecule has 2 aromatic carbocycles. The fraction of sp³-hybridized carbons (Fsp3) is 0.182. The van der Waals surface area contributed by atoms with Crippen LogP contribution in [0, 0.1) is 0 Å². The molecule has 0 saturated heterocycles. The molecule has 0 aliphatic carbocycles. The van der Waals surface area contributed by atoms with Crippen LogP contribution in [0.15, 0.2) is 48.5 Å². The maximum absolute atomic E-state index is 11.8. The van der Waals surface area contributed by atoms with Crippen LogP contribution in [0.1, 0.15) is 27.2 Å². The molecule has 156 valence electrons. The number of aromatic nitrogens is 3. The van der Waals surface area contributed by atoms with Crippen LogP contribution in [0.3, 0.4) is 0 Å². The number of carbonyl (C=O) groups excluding carboxylic acids is 1. The molecule has 0 spiro atoms. The summed E-state index contributed by atoms with van der Waals surface area (Å²) in [5.41, 5.74) is 12.5. The van der Waals surface area contributed by atoms with E-state index in [1.54, 1.807) is 12.1 Å². The molecular weight excluding hydrogens is 412 g/mol. The van der Waals surface area contributed by atoms with Crippen LogP contribution < -0.4 is 16.5 Å². The van der Waals surface area contributed by atoms with E-state index >= 15 is 0 Å². The van der Waals surface area contributed by atoms with Crippen LogP contribution in [0.4, 0.5) is 5.82 Å². The van der Waals surface area contributed by atoms with Gasteiger partial charge >= 0.3 is 0 Å². The van der Waals surface area contributed by atoms with Crippen molar-refractivity contribution in [1.29, 1.82) is 0 Å². The number of amides is 1. The summed E-state index contributed by atoms with van der Waals surface area (Å²) in [4.78, 5) is 27.7. The number of benzene rings is 2. The second-order valence-electron chi connectivity index (χ2n) is 7.16. The Hall–Kier alpha value is -3.40. The molecule has 0 unspecified atom stereocenters. The zero-order valence-corrected chi connectivity index (χ0v) is 17.4. The summed E-state index contributed by atoms with van der Waals surface area (Å²) in [6.07, 6.45) is 0.703. The molecule has 31 heavy (non-hydrogen) atoms. The van der Waals surface area contributed by atoms with Gasteiger partial charge in [-0.1, -0.05) is 42.5 Å². The van der Waals surface area contributed by atoms with Gasteiger partial charge in [-0.25, -0.2) is 9.97 Å². The normalized spacial score (nSPS) is 13.5. The molecule has 9 heteroatoms. The molecule has 8 nitrogen and oxygen atoms in total. The van der Waals surface area contributed by atoms with Crippen molar-refractivity contribution in [3.05, 3.63) is 70.9 Å². The second kappa shape index (κ2) is 8.38. The Bertz CT molecular complexity index is 1260. The number of fused-ring (bicyclic) bond motifs is 2. The highest BCUT2D eigenvalue weighted by atomic mass is 32.1. The highest BCUT2D eigenvalue weighted by Gasteiger charge is 2.21. The number of hydrogen-bond donors (Lipinski definition) is 3. The SMILES string of the molecule is NC(=O)c1cccc2c(-c3nc4c(c(NCc5ccccc5)n3)CCONC4)snc12. The average Bonchev–Trinajstić information content (AvgIpc) is 3.08. The van der Waals surface area contributed by atoms with E-state index in [0.29, 0.717) is 43.0 Å². The first-order valence-corrected chi connectivity index (χ1v) is 10.7. The lowest BCUT2D eigenvalue weighted by Crippen LogP contribution is -2.13. The van der Waals surface area contributed by atoms with Gasteiger partial charge in [0.2, 0.25) is 0 Å². The standard InChI is InChI=1S/C22H20N6O2S/c23-20(29)16-8-4-7-15-18(16)28-31-19(15)22-26-17-12-25-30-10-9-14(17)21(27-22)24-11-13-5-2-1-3-6-13/h1-8,25H,9-12H2,(H2,23,29)(H,24,26,27). The Labute approximate surface area is 182 Å². The Morgan fingerprint density at radius 3 is 2.87 bits per heavy atom. The quantitative estimate of drug-likeness (QED) is 0.444. The number of hydroxylamine groups is 1. The number of hydrogen-bond acceptors (Lipinski definition) is 8. The van der Waals surface area contributed by atoms with Crippen molar-refractivity contribution in [3.63, 3.8) is 0 Å². The largest absolute Gasteiger partial charge is 0.366 e. The summed E-state index contributed by atoms with van der Waals surface area (Å²) < 4.78 is 4.47. The van der Waals surface area contributed by atoms with Crippen molar-refractivity contribution >= 4 is 34.2 Å². The van der Waals surface area contributed by atoms with Gasteiger partial charge in [-0.3, -0.25) is 4.79 Å². The van der Waals surface area contributed by atoms with Crippen LogP contribution in [0.25, 0.3) is 21.6 Å². The maximum atomic E-state index is 11.8. The van der Waals surface area contributed by atoms with E-state index in [0.717, 1.165) is 32.9 Å². The predicted octanol–water partition coefficient (Wildman–Crippen LogP) is 3.04. The summed E-state index contributed by atoms with van der Waals surface area (Å²) in [7, 11) is 0. The molecule has 4 N–H and O–H groups in total. The molecule has 2 aromatic heterocycles. The minimum absolute atomic E-state index is 0.396. The molecule has 1 aliphatic heterocycles. The molecule has 0 bridgehead atoms. The molecule has 3 heterocycles. The Kier molecular flexibility index (Phi) is 5.29. The smallest absolute Gasteiger partial charge is 0.250 e. The Balaban J connectivity index is 1.59. The van der Waals surface area contributed by atoms with E-state index in [2.05, 4.69) is 27.3 Å². The summed E-state index contributed by atoms with van der Waals surface area (Å²) in [6, 6.07) is 15.6. The van der Waals surface area contributed by atoms with Crippen molar-refractivity contribution in [1.82, 2.24) is 19.8 Å². The third-order valence-corrected chi connectivity index (χ3v) is 6.03. The van der Waals surface area contributed by atoms with Gasteiger partial charge in [0.25, 0.3) is 5.91 Å². The van der Waals surface area contributed by atoms with Gasteiger partial charge < -0.3 is 15.9 Å². The maximum Gasteiger partial charge on any atom is 0.250 e. The van der Waals surface area contributed by atoms with Crippen LogP contribution in [0.5, 0.6) is 0 Å². The molecule has 0 fully saturated rings. The zero-order valence-electron chi connectivity index (χ0n) is 16.6. The molecule has 5 rings (SSSR count). The van der Waals surface area contributed by atoms with Crippen molar-refractivity contribution in [2.75, 3.05) is 11.9 Å². The first kappa shape index (κ1) is 19.6. The molecule has 1 aliphatic rings. The fourth-order valence-electron chi connectivity index (χ4n) is 3.64. The lowest BCUT2D eigenvalue weighted by Gasteiger charge is -2.14. The van der Waals surface area contributed by atoms with E-state index in [1.807, 2.05) is 24.3 Å². The van der Waals surface area contributed by atoms with Crippen molar-refractivity contribution < 1.29 is 9.63 Å². The van der Waals surface area contributed by atoms with E-state index in [-0.39, 0.29) is 0 Å². The van der Waals surface area contributed by atoms with E-state index in [9.17, 15) is 4.79 Å². The second-order valence-corrected chi connectivity index (χ2v) is 7.93. The fourth-order valence-corrected chi connectivity index (χ4v) is 4.45. The highest BCUT2D eigenvalue weighted by molar-refractivity contribution is 7.11. The Morgan fingerprint density at radius 2 is 2.03 bits per heavy atom. The number of anilines is 1. The van der Waals surface area contributed by atoms with Crippen LogP contribution in [-0.2, 0) is 24.3 Å². The molecule has 0 saturated carbocycles. The van der Waals surface area contributed by atoms with Crippen LogP contribution in [0.2, 0.25) is 0 Å². The third-order valence-electron chi connectivity index (χ3n) is 5.17. The summed E-state index contributed by atoms with van der Waals surface area (Å²) in [5, 5.41) is 4.29. The first-order chi connectivity index (χ1) is 15.2. The minimum atomic E-state index is -0.503. The number of primary amides is 1. The molecule has 1 amide bonds. The van der Waals surface area contributed by atoms with Crippen LogP contribution in [-0.4, -0.2) is 26.9 Å². The number of rotatable bonds is 5. The van der Waals surface area contributed by atoms with Gasteiger partial charge in [-0.15, -0.1) is 0 Å². The number of nitrogens with one attached hydrogen (secondary N) is 2. The number of nitrogens with zero attached hydrogens (tertiary/aromatic N) is 3. The van der Waals surface area contributed by atoms with Crippen molar-refractivity contribution in [3.8, 4) is 10.7 Å². The summed E-state index contributed by atoms with van der Waals surface area (Å²) in [6.45, 7) is 1.67. The lowest BCUT2D eigenvalue weighted by molar-refractivity contribution is 0.0440. The molecule has 0 atom stereocenters. The molecular formula is C22H20N6O2S. The van der Waals surface area contributed by atoms with E-state index in [4.69, 9.17) is 20.5 Å².